The number of esters is 4. The van der Waals surface area contributed by atoms with Crippen molar-refractivity contribution in [2.75, 3.05) is 46.8 Å². The first kappa shape index (κ1) is 70.4. The lowest BCUT2D eigenvalue weighted by atomic mass is 9.95. The van der Waals surface area contributed by atoms with Crippen LogP contribution in [0.15, 0.2) is 84.9 Å². The second kappa shape index (κ2) is 31.4. The van der Waals surface area contributed by atoms with Gasteiger partial charge in [0.05, 0.1) is 39.1 Å². The molecule has 3 aromatic rings. The lowest BCUT2D eigenvalue weighted by Gasteiger charge is -2.51. The van der Waals surface area contributed by atoms with Gasteiger partial charge >= 0.3 is 23.9 Å². The summed E-state index contributed by atoms with van der Waals surface area (Å²) in [5.74, 6) is -8.15. The number of carbonyl (C=O) groups is 4. The largest absolute Gasteiger partial charge is 0.508 e. The average molecular weight is 1300 g/mol. The summed E-state index contributed by atoms with van der Waals surface area (Å²) >= 11 is 0. The molecule has 0 saturated carbocycles. The van der Waals surface area contributed by atoms with E-state index in [0.717, 1.165) is 19.1 Å². The molecule has 0 spiro atoms. The van der Waals surface area contributed by atoms with Crippen molar-refractivity contribution in [1.82, 2.24) is 0 Å². The molecule has 5 fully saturated rings. The molecule has 5 aliphatic rings. The number of aliphatic hydroxyl groups excluding tert-OH is 13. The summed E-state index contributed by atoms with van der Waals surface area (Å²) in [5, 5.41) is 163. The quantitative estimate of drug-likeness (QED) is 0.0226. The Bertz CT molecular complexity index is 2930. The van der Waals surface area contributed by atoms with E-state index in [-0.39, 0.29) is 28.4 Å². The zero-order valence-corrected chi connectivity index (χ0v) is 48.3. The normalized spacial score (nSPS) is 36.8. The van der Waals surface area contributed by atoms with Crippen molar-refractivity contribution in [2.24, 2.45) is 0 Å². The third-order valence-electron chi connectivity index (χ3n) is 15.2. The van der Waals surface area contributed by atoms with Gasteiger partial charge in [-0.3, -0.25) is 4.79 Å². The number of ether oxygens (including phenoxy) is 14. The highest BCUT2D eigenvalue weighted by Crippen LogP contribution is 2.43. The smallest absolute Gasteiger partial charge is 0.338 e. The summed E-state index contributed by atoms with van der Waals surface area (Å²) in [6.45, 7) is -5.62. The van der Waals surface area contributed by atoms with E-state index in [9.17, 15) is 95.8 Å². The second-order valence-electron chi connectivity index (χ2n) is 21.4. The van der Waals surface area contributed by atoms with Crippen molar-refractivity contribution in [3.8, 4) is 17.2 Å². The van der Waals surface area contributed by atoms with Gasteiger partial charge in [0.2, 0.25) is 5.79 Å². The molecule has 5 saturated heterocycles. The number of rotatable bonds is 24. The molecule has 0 aromatic heterocycles. The number of methoxy groups -OCH3 is 1. The lowest BCUT2D eigenvalue weighted by molar-refractivity contribution is -0.423. The molecular formula is C58H72O33. The van der Waals surface area contributed by atoms with Crippen molar-refractivity contribution in [3.63, 3.8) is 0 Å². The molecule has 0 amide bonds. The minimum absolute atomic E-state index is 0.0317. The monoisotopic (exact) mass is 1300 g/mol. The summed E-state index contributed by atoms with van der Waals surface area (Å²) in [5.41, 5.74) is 0.434. The molecule has 0 unspecified atom stereocenters. The maximum atomic E-state index is 14.4. The molecule has 15 N–H and O–H groups in total. The molecule has 0 aliphatic carbocycles. The lowest BCUT2D eigenvalue weighted by Crippen LogP contribution is -2.69. The van der Waals surface area contributed by atoms with Crippen LogP contribution in [-0.4, -0.2) is 294 Å². The van der Waals surface area contributed by atoms with Crippen LogP contribution in [0.5, 0.6) is 17.2 Å². The first-order chi connectivity index (χ1) is 43.4. The molecule has 33 nitrogen and oxygen atoms in total. The number of benzene rings is 3. The first-order valence-electron chi connectivity index (χ1n) is 28.2. The van der Waals surface area contributed by atoms with E-state index in [1.54, 1.807) is 6.07 Å². The Hall–Kier alpha value is -6.46. The number of hydrogen-bond donors (Lipinski definition) is 15. The van der Waals surface area contributed by atoms with Crippen LogP contribution in [-0.2, 0) is 76.0 Å². The molecule has 3 aromatic carbocycles. The van der Waals surface area contributed by atoms with Crippen LogP contribution >= 0.6 is 0 Å². The molecule has 5 heterocycles. The van der Waals surface area contributed by atoms with E-state index >= 15 is 0 Å². The fourth-order valence-electron chi connectivity index (χ4n) is 10.4. The van der Waals surface area contributed by atoms with E-state index in [1.807, 2.05) is 0 Å². The second-order valence-corrected chi connectivity index (χ2v) is 21.4. The Morgan fingerprint density at radius 1 is 0.516 bits per heavy atom. The van der Waals surface area contributed by atoms with E-state index in [2.05, 4.69) is 0 Å². The van der Waals surface area contributed by atoms with Crippen LogP contribution in [0.4, 0.5) is 0 Å². The van der Waals surface area contributed by atoms with Gasteiger partial charge in [-0.05, 0) is 59.7 Å². The average Bonchev–Trinajstić information content (AvgIpc) is 1.75. The molecule has 0 radical (unpaired) electrons. The topological polar surface area (TPSA) is 501 Å². The fraction of sp³-hybridized carbons (Fsp3) is 0.552. The van der Waals surface area contributed by atoms with Gasteiger partial charge in [0, 0.05) is 19.1 Å². The zero-order valence-electron chi connectivity index (χ0n) is 48.3. The summed E-state index contributed by atoms with van der Waals surface area (Å²) in [6.07, 6.45) is -45.3. The standard InChI is InChI=1S/C58H72O33/c1-25(63)79-23-36-48(85-38(67)17-12-27-10-15-30(65)31(18-27)78-2)50(87-56-47(76)49(41(70)34(21-61)83-56)86-54-45(74)43(72)39(68)32(19-59)81-54)51(88-55-46(75)44(73)40(69)33(20-60)82-55)57(84-36)91-58(24-80-37(66)16-11-26-8-13-29(64)14-9-26)52(42(71)35(22-62)90-58)89-53(77)28-6-4-3-5-7-28/h3-18,32-36,39-52,54-57,59-62,64-65,68-76H,19-24H2,1-2H3/t32-,33+,34+,35-,36+,39-,40+,41-,42-,43+,44-,45+,46-,47+,48+,49+,50-,51+,52-,54-,55+,56+,57-,58+/m1/s1. The third-order valence-corrected chi connectivity index (χ3v) is 15.2. The maximum Gasteiger partial charge on any atom is 0.338 e. The van der Waals surface area contributed by atoms with Gasteiger partial charge in [-0.15, -0.1) is 0 Å². The fourth-order valence-corrected chi connectivity index (χ4v) is 10.4. The van der Waals surface area contributed by atoms with E-state index in [4.69, 9.17) is 66.3 Å². The van der Waals surface area contributed by atoms with Crippen LogP contribution in [0.2, 0.25) is 0 Å². The van der Waals surface area contributed by atoms with E-state index in [0.29, 0.717) is 5.56 Å². The van der Waals surface area contributed by atoms with E-state index in [1.165, 1.54) is 86.0 Å². The molecule has 24 atom stereocenters. The van der Waals surface area contributed by atoms with Gasteiger partial charge in [-0.25, -0.2) is 14.4 Å². The van der Waals surface area contributed by atoms with Crippen LogP contribution in [0, 0.1) is 0 Å². The molecule has 91 heavy (non-hydrogen) atoms. The maximum absolute atomic E-state index is 14.4. The van der Waals surface area contributed by atoms with Crippen molar-refractivity contribution in [3.05, 3.63) is 102 Å². The predicted molar refractivity (Wildman–Crippen MR) is 294 cm³/mol. The van der Waals surface area contributed by atoms with Gasteiger partial charge in [0.1, 0.15) is 123 Å². The van der Waals surface area contributed by atoms with Gasteiger partial charge in [0.15, 0.2) is 48.9 Å². The minimum Gasteiger partial charge on any atom is -0.508 e. The predicted octanol–water partition coefficient (Wildman–Crippen LogP) is -5.54. The molecule has 0 bridgehead atoms. The van der Waals surface area contributed by atoms with Crippen LogP contribution in [0.3, 0.4) is 0 Å². The van der Waals surface area contributed by atoms with E-state index < -0.39 is 210 Å². The Kier molecular flexibility index (Phi) is 24.3. The number of aromatic hydroxyl groups is 2. The van der Waals surface area contributed by atoms with Crippen LogP contribution in [0.1, 0.15) is 28.4 Å². The summed E-state index contributed by atoms with van der Waals surface area (Å²) in [7, 11) is 1.25. The van der Waals surface area contributed by atoms with Crippen molar-refractivity contribution >= 4 is 36.0 Å². The summed E-state index contributed by atoms with van der Waals surface area (Å²) in [4.78, 5) is 55.0. The summed E-state index contributed by atoms with van der Waals surface area (Å²) < 4.78 is 83.3. The number of phenolic OH excluding ortho intramolecular Hbond substituents is 2. The number of aliphatic hydroxyl groups is 13. The number of hydrogen-bond acceptors (Lipinski definition) is 33. The van der Waals surface area contributed by atoms with Crippen molar-refractivity contribution in [1.29, 1.82) is 0 Å². The Morgan fingerprint density at radius 2 is 1.04 bits per heavy atom. The molecule has 8 rings (SSSR count). The Balaban J connectivity index is 1.29. The van der Waals surface area contributed by atoms with Crippen molar-refractivity contribution < 1.29 is 162 Å². The molecule has 502 valence electrons. The highest BCUT2D eigenvalue weighted by molar-refractivity contribution is 5.90. The number of phenols is 2. The van der Waals surface area contributed by atoms with Gasteiger partial charge in [0.25, 0.3) is 0 Å². The Morgan fingerprint density at radius 3 is 1.63 bits per heavy atom. The number of carbonyl (C=O) groups excluding carboxylic acids is 4. The highest BCUT2D eigenvalue weighted by Gasteiger charge is 2.64. The van der Waals surface area contributed by atoms with Gasteiger partial charge < -0.3 is 143 Å². The van der Waals surface area contributed by atoms with Crippen LogP contribution < -0.4 is 4.74 Å². The highest BCUT2D eigenvalue weighted by atomic mass is 16.8. The summed E-state index contributed by atoms with van der Waals surface area (Å²) in [6, 6.07) is 16.4. The van der Waals surface area contributed by atoms with Gasteiger partial charge in [-0.2, -0.15) is 0 Å². The minimum atomic E-state index is -2.99. The Labute approximate surface area is 516 Å². The SMILES string of the molecule is COc1cc(C=CC(=O)O[C@@H]2[C@@H](O[C@@H]3O[C@@H](CO)[C@@H](O)[C@H](O[C@H]4O[C@H](CO)[C@@H](O)[C@H](O)[C@@H]4O)[C@@H]3O)[C@H](O[C@@H]3O[C@@H](CO)[C@H](O)[C@@H](O)[C@H]3O)[C@@H](O[C@]3(COC(=O)C=Cc4ccc(O)cc4)O[C@H](CO)[C@@H](O)[C@H]3OC(=O)c3ccccc3)O[C@H]2COC(C)=O)ccc1O. The van der Waals surface area contributed by atoms with Crippen LogP contribution in [0.25, 0.3) is 12.2 Å². The molecular weight excluding hydrogens is 1220 g/mol. The molecule has 33 heteroatoms. The van der Waals surface area contributed by atoms with Crippen molar-refractivity contribution in [2.45, 2.75) is 154 Å². The third kappa shape index (κ3) is 16.5. The molecule has 5 aliphatic heterocycles. The first-order valence-corrected chi connectivity index (χ1v) is 28.2. The zero-order chi connectivity index (χ0) is 66.0. The van der Waals surface area contributed by atoms with Gasteiger partial charge in [-0.1, -0.05) is 36.4 Å².